The lowest BCUT2D eigenvalue weighted by atomic mass is 10.1. The van der Waals surface area contributed by atoms with Crippen molar-refractivity contribution >= 4 is 28.7 Å². The molecule has 0 bridgehead atoms. The first-order valence-corrected chi connectivity index (χ1v) is 7.70. The maximum atomic E-state index is 11.8. The van der Waals surface area contributed by atoms with E-state index in [9.17, 15) is 4.79 Å². The number of esters is 1. The molecule has 1 aromatic carbocycles. The smallest absolute Gasteiger partial charge is 0.340 e. The Kier molecular flexibility index (Phi) is 5.16. The lowest BCUT2D eigenvalue weighted by molar-refractivity contribution is 0.0527. The summed E-state index contributed by atoms with van der Waals surface area (Å²) in [6, 6.07) is 5.31. The Hall–Kier alpha value is -2.08. The third-order valence-corrected chi connectivity index (χ3v) is 4.08. The monoisotopic (exact) mass is 305 g/mol. The maximum Gasteiger partial charge on any atom is 0.340 e. The van der Waals surface area contributed by atoms with Crippen molar-refractivity contribution in [3.8, 4) is 0 Å². The van der Waals surface area contributed by atoms with Crippen LogP contribution in [0.5, 0.6) is 0 Å². The van der Waals surface area contributed by atoms with Crippen molar-refractivity contribution in [3.05, 3.63) is 40.3 Å². The molecule has 0 fully saturated rings. The third kappa shape index (κ3) is 3.72. The fourth-order valence-corrected chi connectivity index (χ4v) is 2.63. The van der Waals surface area contributed by atoms with E-state index in [4.69, 9.17) is 10.5 Å². The van der Waals surface area contributed by atoms with Crippen molar-refractivity contribution in [2.24, 2.45) is 0 Å². The molecule has 0 spiro atoms. The molecule has 3 N–H and O–H groups in total. The number of nitrogens with one attached hydrogen (secondary N) is 1. The minimum absolute atomic E-state index is 0.274. The van der Waals surface area contributed by atoms with Gasteiger partial charge in [-0.2, -0.15) is 0 Å². The molecule has 0 saturated carbocycles. The number of nitrogens with zero attached hydrogens (tertiary/aromatic N) is 1. The van der Waals surface area contributed by atoms with E-state index in [0.29, 0.717) is 24.4 Å². The average Bonchev–Trinajstić information content (AvgIpc) is 3.00. The molecule has 1 heterocycles. The molecule has 112 valence electrons. The molecule has 1 unspecified atom stereocenters. The molecule has 6 heteroatoms. The summed E-state index contributed by atoms with van der Waals surface area (Å²) in [4.78, 5) is 16.1. The standard InChI is InChI=1S/C15H19N3O2S/c1-3-20-15(19)11-5-4-6-12(13(11)16)18-9-10(2)14-17-7-8-21-14/h4-8,10,18H,3,9,16H2,1-2H3. The van der Waals surface area contributed by atoms with Crippen LogP contribution in [-0.2, 0) is 4.74 Å². The number of para-hydroxylation sites is 1. The van der Waals surface area contributed by atoms with Crippen molar-refractivity contribution in [2.45, 2.75) is 19.8 Å². The number of carbonyl (C=O) groups excluding carboxylic acids is 1. The van der Waals surface area contributed by atoms with Crippen LogP contribution >= 0.6 is 11.3 Å². The molecule has 0 aliphatic carbocycles. The summed E-state index contributed by atoms with van der Waals surface area (Å²) in [6.45, 7) is 4.89. The normalized spacial score (nSPS) is 11.9. The van der Waals surface area contributed by atoms with Crippen LogP contribution in [0.2, 0.25) is 0 Å². The average molecular weight is 305 g/mol. The lowest BCUT2D eigenvalue weighted by Gasteiger charge is -2.15. The number of hydrogen-bond donors (Lipinski definition) is 2. The van der Waals surface area contributed by atoms with Crippen LogP contribution < -0.4 is 11.1 Å². The van der Waals surface area contributed by atoms with Gasteiger partial charge in [0.1, 0.15) is 0 Å². The third-order valence-electron chi connectivity index (χ3n) is 3.07. The summed E-state index contributed by atoms with van der Waals surface area (Å²) in [6.07, 6.45) is 1.80. The van der Waals surface area contributed by atoms with E-state index in [1.807, 2.05) is 11.4 Å². The van der Waals surface area contributed by atoms with Crippen LogP contribution in [0.15, 0.2) is 29.8 Å². The van der Waals surface area contributed by atoms with Crippen LogP contribution in [0, 0.1) is 0 Å². The second kappa shape index (κ2) is 7.08. The molecular formula is C15H19N3O2S. The van der Waals surface area contributed by atoms with Gasteiger partial charge in [-0.05, 0) is 19.1 Å². The van der Waals surface area contributed by atoms with Crippen LogP contribution in [0.3, 0.4) is 0 Å². The largest absolute Gasteiger partial charge is 0.462 e. The highest BCUT2D eigenvalue weighted by atomic mass is 32.1. The molecule has 5 nitrogen and oxygen atoms in total. The highest BCUT2D eigenvalue weighted by Crippen LogP contribution is 2.25. The van der Waals surface area contributed by atoms with Gasteiger partial charge in [0.25, 0.3) is 0 Å². The summed E-state index contributed by atoms with van der Waals surface area (Å²) < 4.78 is 4.99. The molecule has 0 amide bonds. The molecule has 1 atom stereocenters. The number of carbonyl (C=O) groups is 1. The Labute approximate surface area is 128 Å². The van der Waals surface area contributed by atoms with Gasteiger partial charge in [-0.3, -0.25) is 0 Å². The van der Waals surface area contributed by atoms with E-state index >= 15 is 0 Å². The van der Waals surface area contributed by atoms with Crippen LogP contribution in [0.25, 0.3) is 0 Å². The summed E-state index contributed by atoms with van der Waals surface area (Å²) in [7, 11) is 0. The topological polar surface area (TPSA) is 77.2 Å². The first kappa shape index (κ1) is 15.3. The van der Waals surface area contributed by atoms with Crippen molar-refractivity contribution in [1.82, 2.24) is 4.98 Å². The van der Waals surface area contributed by atoms with Gasteiger partial charge in [0.15, 0.2) is 0 Å². The number of ether oxygens (including phenoxy) is 1. The molecule has 0 radical (unpaired) electrons. The zero-order chi connectivity index (χ0) is 15.2. The number of aromatic nitrogens is 1. The molecule has 2 rings (SSSR count). The highest BCUT2D eigenvalue weighted by Gasteiger charge is 2.14. The molecular weight excluding hydrogens is 286 g/mol. The Morgan fingerprint density at radius 3 is 3.00 bits per heavy atom. The predicted octanol–water partition coefficient (Wildman–Crippen LogP) is 3.12. The number of rotatable bonds is 6. The number of nitrogens with two attached hydrogens (primary N) is 1. The van der Waals surface area contributed by atoms with Gasteiger partial charge in [-0.25, -0.2) is 9.78 Å². The first-order valence-electron chi connectivity index (χ1n) is 6.82. The summed E-state index contributed by atoms with van der Waals surface area (Å²) in [5, 5.41) is 6.30. The van der Waals surface area contributed by atoms with Crippen LogP contribution in [0.4, 0.5) is 11.4 Å². The summed E-state index contributed by atoms with van der Waals surface area (Å²) in [5.74, 6) is -0.123. The van der Waals surface area contributed by atoms with Crippen molar-refractivity contribution < 1.29 is 9.53 Å². The second-order valence-electron chi connectivity index (χ2n) is 4.64. The quantitative estimate of drug-likeness (QED) is 0.633. The molecule has 2 aromatic rings. The lowest BCUT2D eigenvalue weighted by Crippen LogP contribution is -2.13. The Bertz CT molecular complexity index is 599. The Balaban J connectivity index is 2.07. The van der Waals surface area contributed by atoms with Crippen LogP contribution in [-0.4, -0.2) is 24.1 Å². The first-order chi connectivity index (χ1) is 10.1. The van der Waals surface area contributed by atoms with Crippen LogP contribution in [0.1, 0.15) is 35.1 Å². The van der Waals surface area contributed by atoms with Crippen molar-refractivity contribution in [2.75, 3.05) is 24.2 Å². The second-order valence-corrected chi connectivity index (χ2v) is 5.57. The molecule has 0 aliphatic rings. The van der Waals surface area contributed by atoms with Crippen molar-refractivity contribution in [1.29, 1.82) is 0 Å². The van der Waals surface area contributed by atoms with E-state index < -0.39 is 5.97 Å². The van der Waals surface area contributed by atoms with E-state index in [-0.39, 0.29) is 5.92 Å². The Morgan fingerprint density at radius 1 is 1.52 bits per heavy atom. The fraction of sp³-hybridized carbons (Fsp3) is 0.333. The van der Waals surface area contributed by atoms with E-state index in [2.05, 4.69) is 17.2 Å². The van der Waals surface area contributed by atoms with Gasteiger partial charge >= 0.3 is 5.97 Å². The zero-order valence-corrected chi connectivity index (χ0v) is 12.9. The summed E-state index contributed by atoms with van der Waals surface area (Å²) >= 11 is 1.63. The molecule has 0 aliphatic heterocycles. The fourth-order valence-electron chi connectivity index (χ4n) is 1.93. The van der Waals surface area contributed by atoms with E-state index in [1.165, 1.54) is 0 Å². The number of nitrogen functional groups attached to an aromatic ring is 1. The molecule has 1 aromatic heterocycles. The van der Waals surface area contributed by atoms with Gasteiger partial charge < -0.3 is 15.8 Å². The van der Waals surface area contributed by atoms with Gasteiger partial charge in [0.05, 0.1) is 28.6 Å². The zero-order valence-electron chi connectivity index (χ0n) is 12.1. The molecule has 0 saturated heterocycles. The predicted molar refractivity (Wildman–Crippen MR) is 85.8 cm³/mol. The van der Waals surface area contributed by atoms with E-state index in [1.54, 1.807) is 36.6 Å². The Morgan fingerprint density at radius 2 is 2.33 bits per heavy atom. The van der Waals surface area contributed by atoms with Gasteiger partial charge in [-0.1, -0.05) is 13.0 Å². The highest BCUT2D eigenvalue weighted by molar-refractivity contribution is 7.09. The maximum absolute atomic E-state index is 11.8. The number of thiazole rings is 1. The molecule has 21 heavy (non-hydrogen) atoms. The van der Waals surface area contributed by atoms with Gasteiger partial charge in [-0.15, -0.1) is 11.3 Å². The van der Waals surface area contributed by atoms with Gasteiger partial charge in [0, 0.05) is 24.0 Å². The minimum Gasteiger partial charge on any atom is -0.462 e. The number of anilines is 2. The SMILES string of the molecule is CCOC(=O)c1cccc(NCC(C)c2nccs2)c1N. The minimum atomic E-state index is -0.397. The summed E-state index contributed by atoms with van der Waals surface area (Å²) in [5.41, 5.74) is 7.59. The number of benzene rings is 1. The van der Waals surface area contributed by atoms with E-state index in [0.717, 1.165) is 10.7 Å². The van der Waals surface area contributed by atoms with Gasteiger partial charge in [0.2, 0.25) is 0 Å². The van der Waals surface area contributed by atoms with Crippen molar-refractivity contribution in [3.63, 3.8) is 0 Å². The number of hydrogen-bond acceptors (Lipinski definition) is 6.